The second kappa shape index (κ2) is 5.83. The van der Waals surface area contributed by atoms with Gasteiger partial charge in [-0.15, -0.1) is 0 Å². The van der Waals surface area contributed by atoms with Crippen molar-refractivity contribution in [3.05, 3.63) is 12.2 Å². The van der Waals surface area contributed by atoms with Crippen molar-refractivity contribution in [2.45, 2.75) is 39.2 Å². The summed E-state index contributed by atoms with van der Waals surface area (Å²) < 4.78 is 0. The molecule has 0 unspecified atom stereocenters. The third-order valence-corrected chi connectivity index (χ3v) is 1.18. The number of aliphatic hydroxyl groups excluding tert-OH is 1. The van der Waals surface area contributed by atoms with E-state index in [1.807, 2.05) is 12.2 Å². The van der Waals surface area contributed by atoms with Crippen LogP contribution in [-0.4, -0.2) is 11.2 Å². The maximum absolute atomic E-state index is 9.09. The van der Waals surface area contributed by atoms with Crippen LogP contribution in [0.3, 0.4) is 0 Å². The van der Waals surface area contributed by atoms with Gasteiger partial charge in [0.2, 0.25) is 0 Å². The second-order valence-electron chi connectivity index (χ2n) is 2.19. The average molecular weight is 128 g/mol. The standard InChI is InChI=1S/C8H16O/c1-3-5-7-8(9)6-4-2/h5,7-9H,3-4,6H2,1-2H3/b7-5+/t8-/m0/s1. The minimum absolute atomic E-state index is 0.213. The van der Waals surface area contributed by atoms with E-state index in [4.69, 9.17) is 5.11 Å². The van der Waals surface area contributed by atoms with Crippen LogP contribution in [0.4, 0.5) is 0 Å². The van der Waals surface area contributed by atoms with E-state index in [9.17, 15) is 0 Å². The summed E-state index contributed by atoms with van der Waals surface area (Å²) in [6.45, 7) is 4.14. The summed E-state index contributed by atoms with van der Waals surface area (Å²) in [6.07, 6.45) is 6.60. The summed E-state index contributed by atoms with van der Waals surface area (Å²) in [5, 5.41) is 9.09. The molecule has 0 aromatic rings. The Balaban J connectivity index is 3.25. The van der Waals surface area contributed by atoms with Crippen molar-refractivity contribution < 1.29 is 5.11 Å². The van der Waals surface area contributed by atoms with Crippen LogP contribution in [-0.2, 0) is 0 Å². The van der Waals surface area contributed by atoms with Crippen molar-refractivity contribution in [2.75, 3.05) is 0 Å². The van der Waals surface area contributed by atoms with Crippen LogP contribution in [0.15, 0.2) is 12.2 Å². The minimum Gasteiger partial charge on any atom is -0.389 e. The van der Waals surface area contributed by atoms with Crippen LogP contribution in [0.1, 0.15) is 33.1 Å². The molecule has 0 aliphatic heterocycles. The molecule has 9 heavy (non-hydrogen) atoms. The Morgan fingerprint density at radius 3 is 2.56 bits per heavy atom. The van der Waals surface area contributed by atoms with Crippen molar-refractivity contribution in [2.24, 2.45) is 0 Å². The lowest BCUT2D eigenvalue weighted by Gasteiger charge is -1.99. The summed E-state index contributed by atoms with van der Waals surface area (Å²) >= 11 is 0. The molecule has 0 radical (unpaired) electrons. The summed E-state index contributed by atoms with van der Waals surface area (Å²) in [4.78, 5) is 0. The normalized spacial score (nSPS) is 14.6. The molecule has 0 rings (SSSR count). The Bertz CT molecular complexity index is 76.6. The summed E-state index contributed by atoms with van der Waals surface area (Å²) in [5.74, 6) is 0. The highest BCUT2D eigenvalue weighted by Crippen LogP contribution is 1.97. The van der Waals surface area contributed by atoms with Gasteiger partial charge in [0, 0.05) is 0 Å². The van der Waals surface area contributed by atoms with E-state index in [0.717, 1.165) is 19.3 Å². The Morgan fingerprint density at radius 2 is 2.11 bits per heavy atom. The summed E-state index contributed by atoms with van der Waals surface area (Å²) in [5.41, 5.74) is 0. The van der Waals surface area contributed by atoms with Gasteiger partial charge < -0.3 is 5.11 Å². The topological polar surface area (TPSA) is 20.2 Å². The van der Waals surface area contributed by atoms with Crippen LogP contribution < -0.4 is 0 Å². The first-order valence-electron chi connectivity index (χ1n) is 3.66. The van der Waals surface area contributed by atoms with E-state index in [1.54, 1.807) is 0 Å². The summed E-state index contributed by atoms with van der Waals surface area (Å²) in [6, 6.07) is 0. The van der Waals surface area contributed by atoms with Crippen molar-refractivity contribution in [3.63, 3.8) is 0 Å². The fourth-order valence-electron chi connectivity index (χ4n) is 0.685. The highest BCUT2D eigenvalue weighted by molar-refractivity contribution is 4.86. The van der Waals surface area contributed by atoms with Crippen molar-refractivity contribution in [1.82, 2.24) is 0 Å². The molecule has 0 aliphatic rings. The average Bonchev–Trinajstić information content (AvgIpc) is 1.85. The SMILES string of the molecule is CC/C=C/[C@@H](O)CCC. The molecule has 0 heterocycles. The molecule has 0 bridgehead atoms. The summed E-state index contributed by atoms with van der Waals surface area (Å²) in [7, 11) is 0. The largest absolute Gasteiger partial charge is 0.389 e. The predicted octanol–water partition coefficient (Wildman–Crippen LogP) is 2.11. The smallest absolute Gasteiger partial charge is 0.0720 e. The molecule has 0 saturated heterocycles. The van der Waals surface area contributed by atoms with E-state index in [-0.39, 0.29) is 6.10 Å². The van der Waals surface area contributed by atoms with Crippen LogP contribution in [0.5, 0.6) is 0 Å². The van der Waals surface area contributed by atoms with E-state index >= 15 is 0 Å². The van der Waals surface area contributed by atoms with Gasteiger partial charge in [0.15, 0.2) is 0 Å². The number of rotatable bonds is 4. The van der Waals surface area contributed by atoms with Gasteiger partial charge in [-0.25, -0.2) is 0 Å². The molecule has 0 fully saturated rings. The van der Waals surface area contributed by atoms with E-state index < -0.39 is 0 Å². The lowest BCUT2D eigenvalue weighted by Crippen LogP contribution is -1.99. The van der Waals surface area contributed by atoms with Gasteiger partial charge in [-0.2, -0.15) is 0 Å². The van der Waals surface area contributed by atoms with Crippen molar-refractivity contribution in [3.8, 4) is 0 Å². The number of allylic oxidation sites excluding steroid dienone is 1. The van der Waals surface area contributed by atoms with Crippen molar-refractivity contribution >= 4 is 0 Å². The molecule has 0 saturated carbocycles. The van der Waals surface area contributed by atoms with Gasteiger partial charge in [0.05, 0.1) is 6.10 Å². The number of hydrogen-bond donors (Lipinski definition) is 1. The van der Waals surface area contributed by atoms with Gasteiger partial charge >= 0.3 is 0 Å². The van der Waals surface area contributed by atoms with Crippen LogP contribution in [0.2, 0.25) is 0 Å². The molecular weight excluding hydrogens is 112 g/mol. The Morgan fingerprint density at radius 1 is 1.44 bits per heavy atom. The molecule has 1 atom stereocenters. The molecule has 1 heteroatoms. The van der Waals surface area contributed by atoms with Gasteiger partial charge in [-0.1, -0.05) is 32.4 Å². The third kappa shape index (κ3) is 5.57. The molecule has 0 aromatic heterocycles. The molecule has 1 nitrogen and oxygen atoms in total. The third-order valence-electron chi connectivity index (χ3n) is 1.18. The van der Waals surface area contributed by atoms with Gasteiger partial charge in [0.1, 0.15) is 0 Å². The quantitative estimate of drug-likeness (QED) is 0.575. The molecule has 0 amide bonds. The van der Waals surface area contributed by atoms with Crippen LogP contribution >= 0.6 is 0 Å². The Hall–Kier alpha value is -0.300. The fraction of sp³-hybridized carbons (Fsp3) is 0.750. The van der Waals surface area contributed by atoms with Gasteiger partial charge in [0.25, 0.3) is 0 Å². The number of aliphatic hydroxyl groups is 1. The number of hydrogen-bond acceptors (Lipinski definition) is 1. The zero-order chi connectivity index (χ0) is 7.11. The van der Waals surface area contributed by atoms with E-state index in [1.165, 1.54) is 0 Å². The predicted molar refractivity (Wildman–Crippen MR) is 40.3 cm³/mol. The van der Waals surface area contributed by atoms with E-state index in [0.29, 0.717) is 0 Å². The lowest BCUT2D eigenvalue weighted by molar-refractivity contribution is 0.211. The van der Waals surface area contributed by atoms with Gasteiger partial charge in [-0.05, 0) is 12.8 Å². The van der Waals surface area contributed by atoms with Crippen LogP contribution in [0.25, 0.3) is 0 Å². The zero-order valence-corrected chi connectivity index (χ0v) is 6.30. The first-order valence-corrected chi connectivity index (χ1v) is 3.66. The monoisotopic (exact) mass is 128 g/mol. The highest BCUT2D eigenvalue weighted by Gasteiger charge is 1.92. The highest BCUT2D eigenvalue weighted by atomic mass is 16.3. The first kappa shape index (κ1) is 8.70. The van der Waals surface area contributed by atoms with Crippen molar-refractivity contribution in [1.29, 1.82) is 0 Å². The van der Waals surface area contributed by atoms with Crippen LogP contribution in [0, 0.1) is 0 Å². The maximum Gasteiger partial charge on any atom is 0.0720 e. The Labute approximate surface area is 57.4 Å². The van der Waals surface area contributed by atoms with E-state index in [2.05, 4.69) is 13.8 Å². The molecule has 0 aromatic carbocycles. The zero-order valence-electron chi connectivity index (χ0n) is 6.30. The molecule has 0 spiro atoms. The second-order valence-corrected chi connectivity index (χ2v) is 2.19. The van der Waals surface area contributed by atoms with Gasteiger partial charge in [-0.3, -0.25) is 0 Å². The Kier molecular flexibility index (Phi) is 5.64. The maximum atomic E-state index is 9.09. The first-order chi connectivity index (χ1) is 4.31. The molecular formula is C8H16O. The lowest BCUT2D eigenvalue weighted by atomic mass is 10.2. The minimum atomic E-state index is -0.213. The molecule has 0 aliphatic carbocycles. The fourth-order valence-corrected chi connectivity index (χ4v) is 0.685. The molecule has 54 valence electrons. The molecule has 1 N–H and O–H groups in total.